The zero-order valence-electron chi connectivity index (χ0n) is 11.3. The molecule has 0 saturated carbocycles. The highest BCUT2D eigenvalue weighted by Crippen LogP contribution is 2.35. The van der Waals surface area contributed by atoms with Gasteiger partial charge in [-0.2, -0.15) is 5.26 Å². The van der Waals surface area contributed by atoms with E-state index in [0.29, 0.717) is 10.8 Å². The molecule has 7 heteroatoms. The molecule has 0 atom stereocenters. The van der Waals surface area contributed by atoms with Gasteiger partial charge in [0, 0.05) is 10.9 Å². The van der Waals surface area contributed by atoms with Crippen LogP contribution >= 0.6 is 0 Å². The van der Waals surface area contributed by atoms with E-state index in [1.165, 1.54) is 0 Å². The lowest BCUT2D eigenvalue weighted by Crippen LogP contribution is -2.30. The van der Waals surface area contributed by atoms with E-state index in [1.54, 1.807) is 24.3 Å². The minimum atomic E-state index is -1.25. The molecular formula is C15H12N2O5. The first-order valence-corrected chi connectivity index (χ1v) is 6.28. The lowest BCUT2D eigenvalue weighted by atomic mass is 9.93. The normalized spacial score (nSPS) is 10.2. The molecule has 4 N–H and O–H groups in total. The molecule has 0 spiro atoms. The molecule has 0 fully saturated rings. The summed E-state index contributed by atoms with van der Waals surface area (Å²) in [5.41, 5.74) is -0.262. The zero-order chi connectivity index (χ0) is 16.3. The second-order valence-electron chi connectivity index (χ2n) is 4.47. The van der Waals surface area contributed by atoms with E-state index in [9.17, 15) is 25.1 Å². The third-order valence-corrected chi connectivity index (χ3v) is 3.19. The molecular weight excluding hydrogens is 288 g/mol. The number of phenols is 1. The number of nitrogens with zero attached hydrogens (tertiary/aromatic N) is 1. The Morgan fingerprint density at radius 3 is 2.41 bits per heavy atom. The van der Waals surface area contributed by atoms with Crippen molar-refractivity contribution in [2.75, 3.05) is 6.54 Å². The summed E-state index contributed by atoms with van der Waals surface area (Å²) in [6.07, 6.45) is 0. The number of carbonyl (C=O) groups is 2. The number of carbonyl (C=O) groups excluding carboxylic acids is 1. The molecule has 7 nitrogen and oxygen atoms in total. The first kappa shape index (κ1) is 15.3. The number of aliphatic hydroxyl groups excluding tert-OH is 1. The van der Waals surface area contributed by atoms with Crippen LogP contribution in [0.25, 0.3) is 10.8 Å². The maximum absolute atomic E-state index is 12.1. The second kappa shape index (κ2) is 6.11. The molecule has 112 valence electrons. The number of phenolic OH excluding ortho intramolecular Hbond substituents is 1. The van der Waals surface area contributed by atoms with Crippen molar-refractivity contribution in [3.8, 4) is 11.8 Å². The highest BCUT2D eigenvalue weighted by molar-refractivity contribution is 6.07. The van der Waals surface area contributed by atoms with Crippen molar-refractivity contribution in [2.24, 2.45) is 0 Å². The van der Waals surface area contributed by atoms with Crippen molar-refractivity contribution < 1.29 is 24.9 Å². The lowest BCUT2D eigenvalue weighted by molar-refractivity contribution is -0.135. The van der Waals surface area contributed by atoms with Gasteiger partial charge in [0.1, 0.15) is 23.9 Å². The fourth-order valence-corrected chi connectivity index (χ4v) is 2.26. The van der Waals surface area contributed by atoms with Crippen LogP contribution in [0.15, 0.2) is 24.3 Å². The quantitative estimate of drug-likeness (QED) is 0.658. The number of hydrogen-bond acceptors (Lipinski definition) is 5. The second-order valence-corrected chi connectivity index (χ2v) is 4.47. The van der Waals surface area contributed by atoms with Crippen LogP contribution < -0.4 is 5.32 Å². The SMILES string of the molecule is N#Cc1c(O)c(C(=O)NCC(=O)O)c(CO)c2ccccc12. The number of aliphatic carboxylic acids is 1. The summed E-state index contributed by atoms with van der Waals surface area (Å²) in [4.78, 5) is 22.6. The molecule has 22 heavy (non-hydrogen) atoms. The number of carboxylic acid groups (broad SMARTS) is 1. The number of benzene rings is 2. The van der Waals surface area contributed by atoms with Crippen LogP contribution in [0.5, 0.6) is 5.75 Å². The average Bonchev–Trinajstić information content (AvgIpc) is 2.51. The van der Waals surface area contributed by atoms with Gasteiger partial charge in [-0.1, -0.05) is 24.3 Å². The maximum Gasteiger partial charge on any atom is 0.322 e. The van der Waals surface area contributed by atoms with Gasteiger partial charge in [-0.25, -0.2) is 0 Å². The Bertz CT molecular complexity index is 808. The molecule has 0 heterocycles. The first-order chi connectivity index (χ1) is 10.5. The van der Waals surface area contributed by atoms with E-state index in [-0.39, 0.29) is 16.7 Å². The summed E-state index contributed by atoms with van der Waals surface area (Å²) in [6.45, 7) is -1.19. The van der Waals surface area contributed by atoms with Crippen LogP contribution in [0.2, 0.25) is 0 Å². The number of carboxylic acids is 1. The standard InChI is InChI=1S/C15H12N2O5/c16-5-10-8-3-1-2-4-9(8)11(7-18)13(14(10)21)15(22)17-6-12(19)20/h1-4,18,21H,6-7H2,(H,17,22)(H,19,20). The Morgan fingerprint density at radius 2 is 1.86 bits per heavy atom. The third kappa shape index (κ3) is 2.55. The van der Waals surface area contributed by atoms with Gasteiger partial charge < -0.3 is 20.6 Å². The van der Waals surface area contributed by atoms with Gasteiger partial charge in [0.05, 0.1) is 12.2 Å². The van der Waals surface area contributed by atoms with E-state index in [1.807, 2.05) is 6.07 Å². The Labute approximate surface area is 125 Å². The summed E-state index contributed by atoms with van der Waals surface area (Å²) in [6, 6.07) is 8.34. The summed E-state index contributed by atoms with van der Waals surface area (Å²) in [5, 5.41) is 40.5. The Hall–Kier alpha value is -3.11. The molecule has 0 saturated heterocycles. The molecule has 2 rings (SSSR count). The number of fused-ring (bicyclic) bond motifs is 1. The third-order valence-electron chi connectivity index (χ3n) is 3.19. The number of amides is 1. The van der Waals surface area contributed by atoms with E-state index in [4.69, 9.17) is 5.11 Å². The van der Waals surface area contributed by atoms with Gasteiger partial charge in [0.2, 0.25) is 0 Å². The Balaban J connectivity index is 2.72. The first-order valence-electron chi connectivity index (χ1n) is 6.28. The van der Waals surface area contributed by atoms with Gasteiger partial charge >= 0.3 is 5.97 Å². The zero-order valence-corrected chi connectivity index (χ0v) is 11.3. The van der Waals surface area contributed by atoms with Gasteiger partial charge in [-0.3, -0.25) is 9.59 Å². The summed E-state index contributed by atoms with van der Waals surface area (Å²) in [7, 11) is 0. The van der Waals surface area contributed by atoms with Crippen molar-refractivity contribution in [1.82, 2.24) is 5.32 Å². The number of hydrogen-bond donors (Lipinski definition) is 4. The monoisotopic (exact) mass is 300 g/mol. The van der Waals surface area contributed by atoms with Crippen molar-refractivity contribution in [3.05, 3.63) is 41.0 Å². The smallest absolute Gasteiger partial charge is 0.322 e. The van der Waals surface area contributed by atoms with E-state index in [2.05, 4.69) is 5.32 Å². The van der Waals surface area contributed by atoms with Crippen LogP contribution in [0.3, 0.4) is 0 Å². The number of rotatable bonds is 4. The predicted molar refractivity (Wildman–Crippen MR) is 76.2 cm³/mol. The van der Waals surface area contributed by atoms with E-state index in [0.717, 1.165) is 0 Å². The molecule has 0 radical (unpaired) electrons. The van der Waals surface area contributed by atoms with Crippen LogP contribution in [-0.2, 0) is 11.4 Å². The largest absolute Gasteiger partial charge is 0.506 e. The Kier molecular flexibility index (Phi) is 4.25. The van der Waals surface area contributed by atoms with Crippen molar-refractivity contribution in [3.63, 3.8) is 0 Å². The number of nitriles is 1. The molecule has 2 aromatic rings. The maximum atomic E-state index is 12.1. The average molecular weight is 300 g/mol. The molecule has 0 aliphatic rings. The molecule has 0 unspecified atom stereocenters. The molecule has 0 aliphatic carbocycles. The lowest BCUT2D eigenvalue weighted by Gasteiger charge is -2.14. The molecule has 1 amide bonds. The van der Waals surface area contributed by atoms with Crippen LogP contribution in [0, 0.1) is 11.3 Å². The van der Waals surface area contributed by atoms with E-state index >= 15 is 0 Å². The minimum absolute atomic E-state index is 0.103. The molecule has 0 aromatic heterocycles. The van der Waals surface area contributed by atoms with Crippen molar-refractivity contribution in [1.29, 1.82) is 5.26 Å². The number of aliphatic hydroxyl groups is 1. The minimum Gasteiger partial charge on any atom is -0.506 e. The summed E-state index contributed by atoms with van der Waals surface area (Å²) < 4.78 is 0. The molecule has 0 aliphatic heterocycles. The highest BCUT2D eigenvalue weighted by Gasteiger charge is 2.23. The number of nitrogens with one attached hydrogen (secondary N) is 1. The predicted octanol–water partition coefficient (Wildman–Crippen LogP) is 0.724. The molecule has 2 aromatic carbocycles. The van der Waals surface area contributed by atoms with Crippen LogP contribution in [-0.4, -0.2) is 33.7 Å². The number of aromatic hydroxyl groups is 1. The van der Waals surface area contributed by atoms with Crippen molar-refractivity contribution in [2.45, 2.75) is 6.61 Å². The van der Waals surface area contributed by atoms with Gasteiger partial charge in [0.15, 0.2) is 0 Å². The fraction of sp³-hybridized carbons (Fsp3) is 0.133. The molecule has 0 bridgehead atoms. The summed E-state index contributed by atoms with van der Waals surface area (Å²) in [5.74, 6) is -2.70. The van der Waals surface area contributed by atoms with Gasteiger partial charge in [0.25, 0.3) is 5.91 Å². The van der Waals surface area contributed by atoms with E-state index < -0.39 is 30.8 Å². The van der Waals surface area contributed by atoms with Crippen LogP contribution in [0.4, 0.5) is 0 Å². The van der Waals surface area contributed by atoms with Crippen molar-refractivity contribution >= 4 is 22.6 Å². The summed E-state index contributed by atoms with van der Waals surface area (Å²) >= 11 is 0. The topological polar surface area (TPSA) is 131 Å². The van der Waals surface area contributed by atoms with Gasteiger partial charge in [-0.15, -0.1) is 0 Å². The Morgan fingerprint density at radius 1 is 1.23 bits per heavy atom. The highest BCUT2D eigenvalue weighted by atomic mass is 16.4. The fourth-order valence-electron chi connectivity index (χ4n) is 2.26. The van der Waals surface area contributed by atoms with Crippen LogP contribution in [0.1, 0.15) is 21.5 Å². The van der Waals surface area contributed by atoms with Gasteiger partial charge in [-0.05, 0) is 5.39 Å².